The smallest absolute Gasteiger partial charge is 0.125 e. The van der Waals surface area contributed by atoms with Crippen LogP contribution in [0, 0.1) is 6.92 Å². The van der Waals surface area contributed by atoms with Gasteiger partial charge in [-0.3, -0.25) is 0 Å². The second kappa shape index (κ2) is 7.70. The summed E-state index contributed by atoms with van der Waals surface area (Å²) < 4.78 is 11.4. The number of benzene rings is 2. The predicted molar refractivity (Wildman–Crippen MR) is 85.9 cm³/mol. The van der Waals surface area contributed by atoms with E-state index in [2.05, 4.69) is 31.3 Å². The Hall–Kier alpha value is -2.00. The zero-order chi connectivity index (χ0) is 15.1. The first-order valence-corrected chi connectivity index (χ1v) is 7.29. The van der Waals surface area contributed by atoms with Crippen LogP contribution in [-0.4, -0.2) is 13.7 Å². The Labute approximate surface area is 126 Å². The van der Waals surface area contributed by atoms with E-state index in [0.29, 0.717) is 6.61 Å². The predicted octanol–water partition coefficient (Wildman–Crippen LogP) is 3.69. The number of aryl methyl sites for hydroxylation is 1. The average molecular weight is 285 g/mol. The average Bonchev–Trinajstić information content (AvgIpc) is 2.52. The number of para-hydroxylation sites is 1. The van der Waals surface area contributed by atoms with Gasteiger partial charge in [0.2, 0.25) is 0 Å². The van der Waals surface area contributed by atoms with E-state index < -0.39 is 0 Å². The van der Waals surface area contributed by atoms with Crippen LogP contribution < -0.4 is 14.8 Å². The molecule has 0 spiro atoms. The monoisotopic (exact) mass is 285 g/mol. The molecule has 0 radical (unpaired) electrons. The van der Waals surface area contributed by atoms with Crippen molar-refractivity contribution in [3.63, 3.8) is 0 Å². The molecular formula is C18H23NO2. The summed E-state index contributed by atoms with van der Waals surface area (Å²) in [5.74, 6) is 1.78. The van der Waals surface area contributed by atoms with E-state index in [-0.39, 0.29) is 0 Å². The number of hydrogen-bond donors (Lipinski definition) is 1. The van der Waals surface area contributed by atoms with Gasteiger partial charge in [0.15, 0.2) is 0 Å². The van der Waals surface area contributed by atoms with Crippen LogP contribution in [0.15, 0.2) is 42.5 Å². The van der Waals surface area contributed by atoms with Crippen LogP contribution in [-0.2, 0) is 13.2 Å². The van der Waals surface area contributed by atoms with E-state index in [1.807, 2.05) is 30.3 Å². The van der Waals surface area contributed by atoms with E-state index in [1.165, 1.54) is 11.1 Å². The fraction of sp³-hybridized carbons (Fsp3) is 0.333. The minimum Gasteiger partial charge on any atom is -0.496 e. The van der Waals surface area contributed by atoms with Crippen molar-refractivity contribution in [2.45, 2.75) is 27.0 Å². The Morgan fingerprint density at radius 2 is 1.81 bits per heavy atom. The standard InChI is InChI=1S/C18H23NO2/c1-4-19-12-16-11-14(2)9-10-18(16)21-13-15-7-5-6-8-17(15)20-3/h5-11,19H,4,12-13H2,1-3H3. The van der Waals surface area contributed by atoms with E-state index >= 15 is 0 Å². The molecule has 2 aromatic carbocycles. The molecule has 0 heterocycles. The summed E-state index contributed by atoms with van der Waals surface area (Å²) >= 11 is 0. The molecule has 0 saturated carbocycles. The van der Waals surface area contributed by atoms with Crippen molar-refractivity contribution in [1.82, 2.24) is 5.32 Å². The molecule has 0 unspecified atom stereocenters. The molecule has 0 atom stereocenters. The van der Waals surface area contributed by atoms with Crippen LogP contribution in [0.25, 0.3) is 0 Å². The van der Waals surface area contributed by atoms with Gasteiger partial charge in [0, 0.05) is 17.7 Å². The van der Waals surface area contributed by atoms with Gasteiger partial charge in [-0.15, -0.1) is 0 Å². The number of nitrogens with one attached hydrogen (secondary N) is 1. The molecule has 2 aromatic rings. The molecule has 0 aliphatic carbocycles. The first-order valence-electron chi connectivity index (χ1n) is 7.29. The zero-order valence-electron chi connectivity index (χ0n) is 13.0. The lowest BCUT2D eigenvalue weighted by Crippen LogP contribution is -2.13. The molecule has 0 aliphatic heterocycles. The molecule has 112 valence electrons. The van der Waals surface area contributed by atoms with Gasteiger partial charge < -0.3 is 14.8 Å². The van der Waals surface area contributed by atoms with E-state index in [0.717, 1.165) is 30.2 Å². The summed E-state index contributed by atoms with van der Waals surface area (Å²) in [6.07, 6.45) is 0. The topological polar surface area (TPSA) is 30.5 Å². The fourth-order valence-corrected chi connectivity index (χ4v) is 2.22. The normalized spacial score (nSPS) is 10.4. The first kappa shape index (κ1) is 15.4. The highest BCUT2D eigenvalue weighted by Crippen LogP contribution is 2.24. The number of hydrogen-bond acceptors (Lipinski definition) is 3. The molecule has 0 aliphatic rings. The summed E-state index contributed by atoms with van der Waals surface area (Å²) in [5, 5.41) is 3.35. The zero-order valence-corrected chi connectivity index (χ0v) is 13.0. The largest absolute Gasteiger partial charge is 0.496 e. The van der Waals surface area contributed by atoms with E-state index in [1.54, 1.807) is 7.11 Å². The third kappa shape index (κ3) is 4.23. The quantitative estimate of drug-likeness (QED) is 0.841. The van der Waals surface area contributed by atoms with E-state index in [9.17, 15) is 0 Å². The molecule has 0 aromatic heterocycles. The maximum Gasteiger partial charge on any atom is 0.125 e. The summed E-state index contributed by atoms with van der Waals surface area (Å²) in [7, 11) is 1.68. The second-order valence-electron chi connectivity index (χ2n) is 4.99. The van der Waals surface area contributed by atoms with Gasteiger partial charge in [-0.05, 0) is 25.6 Å². The number of rotatable bonds is 7. The third-order valence-corrected chi connectivity index (χ3v) is 3.36. The maximum atomic E-state index is 6.00. The molecule has 3 nitrogen and oxygen atoms in total. The van der Waals surface area contributed by atoms with Crippen molar-refractivity contribution in [2.75, 3.05) is 13.7 Å². The molecular weight excluding hydrogens is 262 g/mol. The van der Waals surface area contributed by atoms with E-state index in [4.69, 9.17) is 9.47 Å². The summed E-state index contributed by atoms with van der Waals surface area (Å²) in [4.78, 5) is 0. The van der Waals surface area contributed by atoms with Crippen LogP contribution in [0.3, 0.4) is 0 Å². The minimum absolute atomic E-state index is 0.506. The summed E-state index contributed by atoms with van der Waals surface area (Å²) in [6, 6.07) is 14.2. The Morgan fingerprint density at radius 3 is 2.57 bits per heavy atom. The molecule has 1 N–H and O–H groups in total. The van der Waals surface area contributed by atoms with Gasteiger partial charge in [-0.25, -0.2) is 0 Å². The molecule has 3 heteroatoms. The first-order chi connectivity index (χ1) is 10.2. The van der Waals surface area contributed by atoms with Crippen LogP contribution in [0.2, 0.25) is 0 Å². The number of ether oxygens (including phenoxy) is 2. The molecule has 2 rings (SSSR count). The SMILES string of the molecule is CCNCc1cc(C)ccc1OCc1ccccc1OC. The van der Waals surface area contributed by atoms with Crippen molar-refractivity contribution >= 4 is 0 Å². The van der Waals surface area contributed by atoms with Crippen LogP contribution in [0.4, 0.5) is 0 Å². The molecule has 21 heavy (non-hydrogen) atoms. The van der Waals surface area contributed by atoms with Gasteiger partial charge >= 0.3 is 0 Å². The highest BCUT2D eigenvalue weighted by atomic mass is 16.5. The van der Waals surface area contributed by atoms with Crippen molar-refractivity contribution in [3.8, 4) is 11.5 Å². The van der Waals surface area contributed by atoms with Gasteiger partial charge in [-0.1, -0.05) is 42.8 Å². The summed E-state index contributed by atoms with van der Waals surface area (Å²) in [6.45, 7) is 6.47. The molecule has 0 fully saturated rings. The number of methoxy groups -OCH3 is 1. The lowest BCUT2D eigenvalue weighted by Gasteiger charge is -2.14. The molecule has 0 bridgehead atoms. The lowest BCUT2D eigenvalue weighted by molar-refractivity contribution is 0.293. The van der Waals surface area contributed by atoms with Gasteiger partial charge in [-0.2, -0.15) is 0 Å². The Bertz CT molecular complexity index is 581. The van der Waals surface area contributed by atoms with Crippen molar-refractivity contribution in [2.24, 2.45) is 0 Å². The Kier molecular flexibility index (Phi) is 5.64. The maximum absolute atomic E-state index is 6.00. The highest BCUT2D eigenvalue weighted by Gasteiger charge is 2.07. The highest BCUT2D eigenvalue weighted by molar-refractivity contribution is 5.38. The van der Waals surface area contributed by atoms with Crippen LogP contribution in [0.1, 0.15) is 23.6 Å². The summed E-state index contributed by atoms with van der Waals surface area (Å²) in [5.41, 5.74) is 3.48. The minimum atomic E-state index is 0.506. The van der Waals surface area contributed by atoms with Crippen LogP contribution in [0.5, 0.6) is 11.5 Å². The van der Waals surface area contributed by atoms with Crippen molar-refractivity contribution in [3.05, 3.63) is 59.2 Å². The lowest BCUT2D eigenvalue weighted by atomic mass is 10.1. The Balaban J connectivity index is 2.12. The van der Waals surface area contributed by atoms with Crippen molar-refractivity contribution in [1.29, 1.82) is 0 Å². The van der Waals surface area contributed by atoms with Gasteiger partial charge in [0.25, 0.3) is 0 Å². The molecule has 0 saturated heterocycles. The van der Waals surface area contributed by atoms with Gasteiger partial charge in [0.1, 0.15) is 18.1 Å². The molecule has 0 amide bonds. The fourth-order valence-electron chi connectivity index (χ4n) is 2.22. The van der Waals surface area contributed by atoms with Gasteiger partial charge in [0.05, 0.1) is 7.11 Å². The van der Waals surface area contributed by atoms with Crippen molar-refractivity contribution < 1.29 is 9.47 Å². The third-order valence-electron chi connectivity index (χ3n) is 3.36. The Morgan fingerprint density at radius 1 is 1.00 bits per heavy atom. The van der Waals surface area contributed by atoms with Crippen LogP contribution >= 0.6 is 0 Å². The second-order valence-corrected chi connectivity index (χ2v) is 4.99.